The Morgan fingerprint density at radius 1 is 1.16 bits per heavy atom. The number of amides is 3. The number of hydrogen-bond donors (Lipinski definition) is 4. The van der Waals surface area contributed by atoms with Gasteiger partial charge in [-0.1, -0.05) is 6.92 Å². The van der Waals surface area contributed by atoms with Gasteiger partial charge in [0.1, 0.15) is 23.1 Å². The maximum absolute atomic E-state index is 14.1. The Balaban J connectivity index is 1.83. The summed E-state index contributed by atoms with van der Waals surface area (Å²) in [5.74, 6) is -2.12. The number of benzene rings is 1. The standard InChI is InChI=1S/C24H26F2N8O3/c1-4-16-18(19(27)33-22(28)32-16)12-7-17-20(31-11-12)37-24(2,13-8-14(25)10-15(26)9-13)21(35)34(17)6-5-30-23(36)29-3/h7-11H,4-6H2,1-3H3,(H2,29,30,36)(H4,27,28,32,33)/t24-/m0/s1. The first-order valence-corrected chi connectivity index (χ1v) is 11.4. The van der Waals surface area contributed by atoms with Gasteiger partial charge in [-0.3, -0.25) is 4.79 Å². The average molecular weight is 513 g/mol. The summed E-state index contributed by atoms with van der Waals surface area (Å²) in [5.41, 5.74) is 11.9. The van der Waals surface area contributed by atoms with Crippen LogP contribution in [-0.2, 0) is 16.8 Å². The molecule has 37 heavy (non-hydrogen) atoms. The van der Waals surface area contributed by atoms with E-state index in [2.05, 4.69) is 25.6 Å². The Morgan fingerprint density at radius 3 is 2.51 bits per heavy atom. The number of rotatable bonds is 6. The molecule has 1 aliphatic heterocycles. The van der Waals surface area contributed by atoms with Crippen LogP contribution in [0.25, 0.3) is 11.1 Å². The first kappa shape index (κ1) is 25.5. The zero-order valence-corrected chi connectivity index (χ0v) is 20.4. The number of ether oxygens (including phenoxy) is 1. The summed E-state index contributed by atoms with van der Waals surface area (Å²) in [6, 6.07) is 3.95. The third kappa shape index (κ3) is 4.79. The summed E-state index contributed by atoms with van der Waals surface area (Å²) in [6.07, 6.45) is 1.98. The molecule has 0 bridgehead atoms. The maximum atomic E-state index is 14.1. The fourth-order valence-electron chi connectivity index (χ4n) is 4.17. The van der Waals surface area contributed by atoms with Crippen LogP contribution >= 0.6 is 0 Å². The lowest BCUT2D eigenvalue weighted by molar-refractivity contribution is -0.135. The monoisotopic (exact) mass is 512 g/mol. The van der Waals surface area contributed by atoms with E-state index in [-0.39, 0.29) is 42.0 Å². The summed E-state index contributed by atoms with van der Waals surface area (Å²) in [5, 5.41) is 5.05. The number of carbonyl (C=O) groups excluding carboxylic acids is 2. The van der Waals surface area contributed by atoms with Crippen LogP contribution in [-0.4, -0.2) is 47.0 Å². The third-order valence-corrected chi connectivity index (χ3v) is 5.99. The van der Waals surface area contributed by atoms with E-state index in [1.54, 1.807) is 6.07 Å². The lowest BCUT2D eigenvalue weighted by atomic mass is 9.91. The predicted octanol–water partition coefficient (Wildman–Crippen LogP) is 2.11. The van der Waals surface area contributed by atoms with E-state index in [9.17, 15) is 18.4 Å². The second-order valence-corrected chi connectivity index (χ2v) is 8.45. The van der Waals surface area contributed by atoms with E-state index in [4.69, 9.17) is 16.2 Å². The van der Waals surface area contributed by atoms with Crippen LogP contribution in [0.3, 0.4) is 0 Å². The number of pyridine rings is 1. The van der Waals surface area contributed by atoms with Crippen molar-refractivity contribution in [3.05, 3.63) is 53.4 Å². The lowest BCUT2D eigenvalue weighted by Gasteiger charge is -2.40. The molecule has 194 valence electrons. The number of nitrogens with zero attached hydrogens (tertiary/aromatic N) is 4. The number of urea groups is 1. The van der Waals surface area contributed by atoms with Gasteiger partial charge < -0.3 is 31.7 Å². The molecule has 3 amide bonds. The molecule has 1 atom stereocenters. The average Bonchev–Trinajstić information content (AvgIpc) is 2.85. The third-order valence-electron chi connectivity index (χ3n) is 5.99. The van der Waals surface area contributed by atoms with Crippen molar-refractivity contribution in [2.45, 2.75) is 25.9 Å². The number of hydrogen-bond acceptors (Lipinski definition) is 8. The van der Waals surface area contributed by atoms with Crippen molar-refractivity contribution >= 4 is 29.4 Å². The van der Waals surface area contributed by atoms with Crippen LogP contribution in [0.2, 0.25) is 0 Å². The second-order valence-electron chi connectivity index (χ2n) is 8.45. The largest absolute Gasteiger partial charge is 0.455 e. The zero-order chi connectivity index (χ0) is 26.9. The van der Waals surface area contributed by atoms with Gasteiger partial charge in [0.15, 0.2) is 0 Å². The molecule has 0 aliphatic carbocycles. The minimum atomic E-state index is -1.80. The summed E-state index contributed by atoms with van der Waals surface area (Å²) in [4.78, 5) is 39.5. The van der Waals surface area contributed by atoms with Crippen molar-refractivity contribution in [1.29, 1.82) is 0 Å². The van der Waals surface area contributed by atoms with Crippen molar-refractivity contribution in [1.82, 2.24) is 25.6 Å². The summed E-state index contributed by atoms with van der Waals surface area (Å²) in [7, 11) is 1.46. The van der Waals surface area contributed by atoms with Gasteiger partial charge in [-0.25, -0.2) is 23.5 Å². The first-order chi connectivity index (χ1) is 17.6. The van der Waals surface area contributed by atoms with E-state index in [1.807, 2.05) is 6.92 Å². The Kier molecular flexibility index (Phi) is 6.79. The van der Waals surface area contributed by atoms with Crippen molar-refractivity contribution in [3.8, 4) is 17.0 Å². The van der Waals surface area contributed by atoms with E-state index in [0.29, 0.717) is 29.3 Å². The van der Waals surface area contributed by atoms with E-state index in [0.717, 1.165) is 12.1 Å². The topological polar surface area (TPSA) is 161 Å². The highest BCUT2D eigenvalue weighted by molar-refractivity contribution is 6.03. The Labute approximate surface area is 211 Å². The molecule has 0 saturated carbocycles. The Hall–Kier alpha value is -4.55. The van der Waals surface area contributed by atoms with Crippen molar-refractivity contribution in [2.24, 2.45) is 0 Å². The van der Waals surface area contributed by atoms with Gasteiger partial charge in [-0.15, -0.1) is 0 Å². The molecule has 1 aromatic carbocycles. The molecule has 0 fully saturated rings. The van der Waals surface area contributed by atoms with Crippen LogP contribution in [0.15, 0.2) is 30.5 Å². The smallest absolute Gasteiger partial charge is 0.314 e. The van der Waals surface area contributed by atoms with Gasteiger partial charge in [-0.2, -0.15) is 4.98 Å². The van der Waals surface area contributed by atoms with Crippen molar-refractivity contribution in [3.63, 3.8) is 0 Å². The summed E-state index contributed by atoms with van der Waals surface area (Å²) in [6.45, 7) is 3.36. The molecule has 2 aromatic heterocycles. The molecule has 0 radical (unpaired) electrons. The van der Waals surface area contributed by atoms with Gasteiger partial charge in [-0.05, 0) is 31.5 Å². The van der Waals surface area contributed by atoms with Crippen LogP contribution in [0.1, 0.15) is 25.1 Å². The van der Waals surface area contributed by atoms with Gasteiger partial charge in [0.2, 0.25) is 17.4 Å². The first-order valence-electron chi connectivity index (χ1n) is 11.4. The molecule has 3 aromatic rings. The number of anilines is 3. The van der Waals surface area contributed by atoms with Gasteiger partial charge in [0, 0.05) is 49.1 Å². The highest BCUT2D eigenvalue weighted by Gasteiger charge is 2.47. The van der Waals surface area contributed by atoms with Crippen LogP contribution in [0.5, 0.6) is 5.88 Å². The Bertz CT molecular complexity index is 1370. The highest BCUT2D eigenvalue weighted by atomic mass is 19.1. The van der Waals surface area contributed by atoms with Crippen molar-refractivity contribution < 1.29 is 23.1 Å². The van der Waals surface area contributed by atoms with Crippen LogP contribution < -0.4 is 31.7 Å². The lowest BCUT2D eigenvalue weighted by Crippen LogP contribution is -2.54. The number of nitrogens with one attached hydrogen (secondary N) is 2. The normalized spacial score (nSPS) is 16.7. The minimum Gasteiger partial charge on any atom is -0.455 e. The van der Waals surface area contributed by atoms with Crippen molar-refractivity contribution in [2.75, 3.05) is 36.5 Å². The molecule has 6 N–H and O–H groups in total. The molecule has 4 rings (SSSR count). The number of aromatic nitrogens is 3. The van der Waals surface area contributed by atoms with E-state index < -0.39 is 29.2 Å². The molecule has 3 heterocycles. The van der Waals surface area contributed by atoms with Crippen LogP contribution in [0, 0.1) is 11.6 Å². The molecule has 13 heteroatoms. The number of aryl methyl sites for hydroxylation is 1. The van der Waals surface area contributed by atoms with Gasteiger partial charge in [0.05, 0.1) is 5.69 Å². The highest BCUT2D eigenvalue weighted by Crippen LogP contribution is 2.43. The van der Waals surface area contributed by atoms with Gasteiger partial charge in [0.25, 0.3) is 5.91 Å². The molecular formula is C24H26F2N8O3. The molecule has 0 unspecified atom stereocenters. The number of fused-ring (bicyclic) bond motifs is 1. The predicted molar refractivity (Wildman–Crippen MR) is 133 cm³/mol. The number of nitrogen functional groups attached to an aromatic ring is 2. The number of halogens is 2. The maximum Gasteiger partial charge on any atom is 0.314 e. The summed E-state index contributed by atoms with van der Waals surface area (Å²) >= 11 is 0. The molecule has 0 saturated heterocycles. The molecular weight excluding hydrogens is 486 g/mol. The molecule has 1 aliphatic rings. The Morgan fingerprint density at radius 2 is 1.86 bits per heavy atom. The van der Waals surface area contributed by atoms with Crippen LogP contribution in [0.4, 0.5) is 31.0 Å². The van der Waals surface area contributed by atoms with E-state index >= 15 is 0 Å². The number of carbonyl (C=O) groups is 2. The number of nitrogens with two attached hydrogens (primary N) is 2. The summed E-state index contributed by atoms with van der Waals surface area (Å²) < 4.78 is 34.1. The quantitative estimate of drug-likeness (QED) is 0.390. The second kappa shape index (κ2) is 9.84. The fraction of sp³-hybridized carbons (Fsp3) is 0.292. The minimum absolute atomic E-state index is 0.00941. The van der Waals surface area contributed by atoms with E-state index in [1.165, 1.54) is 25.1 Å². The molecule has 0 spiro atoms. The molecule has 11 nitrogen and oxygen atoms in total. The van der Waals surface area contributed by atoms with Gasteiger partial charge >= 0.3 is 6.03 Å². The zero-order valence-electron chi connectivity index (χ0n) is 20.4. The fourth-order valence-corrected chi connectivity index (χ4v) is 4.17. The SMILES string of the molecule is CCc1nc(N)nc(N)c1-c1cnc2c(c1)N(CCNC(=O)NC)C(=O)[C@](C)(c1cc(F)cc(F)c1)O2.